The third-order valence-corrected chi connectivity index (χ3v) is 7.67. The van der Waals surface area contributed by atoms with E-state index >= 15 is 0 Å². The normalized spacial score (nSPS) is 13.7. The SMILES string of the molecule is COc1cccc2c1OC(CNCc1cccc(-c3ccc(F)cc3)c1)CC2.Fc1ccc(-c2cccc(CCl)c2)cc1. The molecule has 0 saturated carbocycles. The lowest BCUT2D eigenvalue weighted by molar-refractivity contribution is 0.163. The Morgan fingerprint density at radius 2 is 1.33 bits per heavy atom. The quantitative estimate of drug-likeness (QED) is 0.181. The number of fused-ring (bicyclic) bond motifs is 1. The number of nitrogens with one attached hydrogen (secondary N) is 1. The molecule has 0 bridgehead atoms. The number of para-hydroxylation sites is 1. The predicted octanol–water partition coefficient (Wildman–Crippen LogP) is 9.22. The number of hydrogen-bond donors (Lipinski definition) is 1. The molecule has 0 aromatic heterocycles. The first-order valence-electron chi connectivity index (χ1n) is 14.3. The molecule has 3 nitrogen and oxygen atoms in total. The summed E-state index contributed by atoms with van der Waals surface area (Å²) in [5, 5.41) is 3.50. The van der Waals surface area contributed by atoms with Crippen LogP contribution in [0.3, 0.4) is 0 Å². The van der Waals surface area contributed by atoms with E-state index in [1.165, 1.54) is 35.4 Å². The van der Waals surface area contributed by atoms with Crippen molar-refractivity contribution < 1.29 is 18.3 Å². The Bertz CT molecular complexity index is 1610. The van der Waals surface area contributed by atoms with E-state index in [9.17, 15) is 8.78 Å². The zero-order chi connectivity index (χ0) is 30.0. The van der Waals surface area contributed by atoms with Gasteiger partial charge in [-0.2, -0.15) is 0 Å². The van der Waals surface area contributed by atoms with Crippen molar-refractivity contribution >= 4 is 11.6 Å². The maximum absolute atomic E-state index is 13.1. The Morgan fingerprint density at radius 3 is 1.93 bits per heavy atom. The van der Waals surface area contributed by atoms with Crippen molar-refractivity contribution in [2.24, 2.45) is 0 Å². The van der Waals surface area contributed by atoms with Gasteiger partial charge in [0.15, 0.2) is 11.5 Å². The van der Waals surface area contributed by atoms with E-state index in [2.05, 4.69) is 23.5 Å². The van der Waals surface area contributed by atoms with Gasteiger partial charge in [0.2, 0.25) is 0 Å². The lowest BCUT2D eigenvalue weighted by Crippen LogP contribution is -2.34. The van der Waals surface area contributed by atoms with Crippen LogP contribution in [0.25, 0.3) is 22.3 Å². The van der Waals surface area contributed by atoms with Crippen LogP contribution in [0.15, 0.2) is 115 Å². The molecule has 1 unspecified atom stereocenters. The van der Waals surface area contributed by atoms with Gasteiger partial charge in [-0.25, -0.2) is 8.78 Å². The van der Waals surface area contributed by atoms with Crippen LogP contribution in [-0.4, -0.2) is 19.8 Å². The molecule has 0 aliphatic carbocycles. The van der Waals surface area contributed by atoms with Gasteiger partial charge in [-0.1, -0.05) is 72.8 Å². The summed E-state index contributed by atoms with van der Waals surface area (Å²) in [6.07, 6.45) is 2.12. The summed E-state index contributed by atoms with van der Waals surface area (Å²) in [5.74, 6) is 1.74. The molecule has 1 N–H and O–H groups in total. The fourth-order valence-corrected chi connectivity index (χ4v) is 5.26. The van der Waals surface area contributed by atoms with Crippen molar-refractivity contribution in [2.75, 3.05) is 13.7 Å². The topological polar surface area (TPSA) is 30.5 Å². The first kappa shape index (κ1) is 30.3. The van der Waals surface area contributed by atoms with Gasteiger partial charge in [0.25, 0.3) is 0 Å². The second-order valence-corrected chi connectivity index (χ2v) is 10.7. The molecule has 0 spiro atoms. The van der Waals surface area contributed by atoms with Crippen molar-refractivity contribution in [3.63, 3.8) is 0 Å². The molecule has 5 aromatic rings. The summed E-state index contributed by atoms with van der Waals surface area (Å²) in [5.41, 5.74) is 7.64. The highest BCUT2D eigenvalue weighted by molar-refractivity contribution is 6.17. The predicted molar refractivity (Wildman–Crippen MR) is 171 cm³/mol. The Labute approximate surface area is 257 Å². The summed E-state index contributed by atoms with van der Waals surface area (Å²) in [4.78, 5) is 0. The Balaban J connectivity index is 0.000000207. The average Bonchev–Trinajstić information content (AvgIpc) is 3.05. The number of ether oxygens (including phenoxy) is 2. The van der Waals surface area contributed by atoms with Gasteiger partial charge in [0, 0.05) is 19.0 Å². The molecule has 220 valence electrons. The number of hydrogen-bond acceptors (Lipinski definition) is 3. The average molecular weight is 598 g/mol. The van der Waals surface area contributed by atoms with Gasteiger partial charge in [-0.05, 0) is 94.3 Å². The maximum atomic E-state index is 13.1. The summed E-state index contributed by atoms with van der Waals surface area (Å²) in [6, 6.07) is 35.4. The van der Waals surface area contributed by atoms with Gasteiger partial charge >= 0.3 is 0 Å². The summed E-state index contributed by atoms with van der Waals surface area (Å²) >= 11 is 5.75. The molecule has 1 atom stereocenters. The highest BCUT2D eigenvalue weighted by Crippen LogP contribution is 2.36. The molecule has 1 heterocycles. The Kier molecular flexibility index (Phi) is 10.4. The fourth-order valence-electron chi connectivity index (χ4n) is 5.10. The molecule has 0 radical (unpaired) electrons. The summed E-state index contributed by atoms with van der Waals surface area (Å²) in [6.45, 7) is 1.53. The van der Waals surface area contributed by atoms with Crippen LogP contribution in [0.1, 0.15) is 23.1 Å². The van der Waals surface area contributed by atoms with Crippen molar-refractivity contribution in [1.29, 1.82) is 0 Å². The number of benzene rings is 5. The number of rotatable bonds is 8. The molecule has 0 amide bonds. The van der Waals surface area contributed by atoms with Crippen LogP contribution in [0.5, 0.6) is 11.5 Å². The van der Waals surface area contributed by atoms with Crippen LogP contribution >= 0.6 is 11.6 Å². The maximum Gasteiger partial charge on any atom is 0.164 e. The minimum Gasteiger partial charge on any atom is -0.493 e. The summed E-state index contributed by atoms with van der Waals surface area (Å²) < 4.78 is 37.5. The Morgan fingerprint density at radius 1 is 0.744 bits per heavy atom. The van der Waals surface area contributed by atoms with Gasteiger partial charge in [0.1, 0.15) is 17.7 Å². The molecule has 6 heteroatoms. The van der Waals surface area contributed by atoms with Crippen LogP contribution in [0.2, 0.25) is 0 Å². The molecule has 5 aromatic carbocycles. The highest BCUT2D eigenvalue weighted by atomic mass is 35.5. The van der Waals surface area contributed by atoms with Crippen molar-refractivity contribution in [3.05, 3.63) is 144 Å². The van der Waals surface area contributed by atoms with Crippen molar-refractivity contribution in [3.8, 4) is 33.8 Å². The molecule has 0 fully saturated rings. The molecule has 0 saturated heterocycles. The van der Waals surface area contributed by atoms with Gasteiger partial charge in [-0.15, -0.1) is 11.6 Å². The number of methoxy groups -OCH3 is 1. The van der Waals surface area contributed by atoms with Crippen LogP contribution in [0.4, 0.5) is 8.78 Å². The lowest BCUT2D eigenvalue weighted by atomic mass is 10.0. The third-order valence-electron chi connectivity index (χ3n) is 7.37. The van der Waals surface area contributed by atoms with E-state index in [1.54, 1.807) is 19.2 Å². The number of halogens is 3. The second kappa shape index (κ2) is 14.8. The van der Waals surface area contributed by atoms with Crippen LogP contribution < -0.4 is 14.8 Å². The first-order valence-corrected chi connectivity index (χ1v) is 14.8. The Hall–Kier alpha value is -4.19. The standard InChI is InChI=1S/C24H24FNO2.C13H10ClF/c1-27-23-7-3-5-19-10-13-22(28-24(19)23)16-26-15-17-4-2-6-20(14-17)18-8-11-21(25)12-9-18;14-9-10-2-1-3-12(8-10)11-4-6-13(15)7-5-11/h2-9,11-12,14,22,26H,10,13,15-16H2,1H3;1-8H,9H2. The van der Waals surface area contributed by atoms with E-state index in [4.69, 9.17) is 21.1 Å². The minimum absolute atomic E-state index is 0.129. The summed E-state index contributed by atoms with van der Waals surface area (Å²) in [7, 11) is 1.68. The molecular formula is C37H34ClF2NO2. The van der Waals surface area contributed by atoms with Crippen LogP contribution in [0, 0.1) is 11.6 Å². The molecule has 6 rings (SSSR count). The van der Waals surface area contributed by atoms with Gasteiger partial charge in [0.05, 0.1) is 7.11 Å². The van der Waals surface area contributed by atoms with E-state index in [1.807, 2.05) is 60.7 Å². The molecule has 1 aliphatic rings. The van der Waals surface area contributed by atoms with Gasteiger partial charge < -0.3 is 14.8 Å². The molecule has 1 aliphatic heterocycles. The van der Waals surface area contributed by atoms with E-state index in [0.29, 0.717) is 5.88 Å². The number of aryl methyl sites for hydroxylation is 1. The molecule has 43 heavy (non-hydrogen) atoms. The monoisotopic (exact) mass is 597 g/mol. The van der Waals surface area contributed by atoms with Crippen molar-refractivity contribution in [2.45, 2.75) is 31.4 Å². The second-order valence-electron chi connectivity index (χ2n) is 10.4. The van der Waals surface area contributed by atoms with Gasteiger partial charge in [-0.3, -0.25) is 0 Å². The fraction of sp³-hybridized carbons (Fsp3) is 0.189. The van der Waals surface area contributed by atoms with Crippen molar-refractivity contribution in [1.82, 2.24) is 5.32 Å². The smallest absolute Gasteiger partial charge is 0.164 e. The minimum atomic E-state index is -0.216. The van der Waals surface area contributed by atoms with E-state index in [-0.39, 0.29) is 17.7 Å². The molecular weight excluding hydrogens is 564 g/mol. The lowest BCUT2D eigenvalue weighted by Gasteiger charge is -2.27. The number of alkyl halides is 1. The van der Waals surface area contributed by atoms with E-state index in [0.717, 1.165) is 65.2 Å². The first-order chi connectivity index (χ1) is 21.0. The zero-order valence-electron chi connectivity index (χ0n) is 24.0. The largest absolute Gasteiger partial charge is 0.493 e. The van der Waals surface area contributed by atoms with E-state index < -0.39 is 0 Å². The third kappa shape index (κ3) is 8.22. The highest BCUT2D eigenvalue weighted by Gasteiger charge is 2.22. The van der Waals surface area contributed by atoms with Crippen LogP contribution in [-0.2, 0) is 18.8 Å². The zero-order valence-corrected chi connectivity index (χ0v) is 24.8.